The van der Waals surface area contributed by atoms with Gasteiger partial charge in [-0.15, -0.1) is 0 Å². The van der Waals surface area contributed by atoms with Crippen molar-refractivity contribution in [2.45, 2.75) is 84.2 Å². The van der Waals surface area contributed by atoms with Crippen LogP contribution in [-0.2, 0) is 16.1 Å². The second-order valence-corrected chi connectivity index (χ2v) is 19.6. The molecule has 1 N–H and O–H groups in total. The average molecular weight is 843 g/mol. The molecule has 1 spiro atoms. The molecule has 1 unspecified atom stereocenters. The molecule has 5 fully saturated rings. The van der Waals surface area contributed by atoms with Gasteiger partial charge in [0.1, 0.15) is 23.7 Å². The van der Waals surface area contributed by atoms with Crippen molar-refractivity contribution in [3.05, 3.63) is 98.6 Å². The summed E-state index contributed by atoms with van der Waals surface area (Å²) in [5.41, 5.74) is 2.81. The minimum absolute atomic E-state index is 0.0164. The van der Waals surface area contributed by atoms with E-state index in [0.29, 0.717) is 47.6 Å². The van der Waals surface area contributed by atoms with E-state index >= 15 is 4.39 Å². The number of anilines is 1. The zero-order valence-electron chi connectivity index (χ0n) is 34.3. The monoisotopic (exact) mass is 842 g/mol. The Morgan fingerprint density at radius 1 is 0.902 bits per heavy atom. The lowest BCUT2D eigenvalue weighted by Crippen LogP contribution is -2.74. The maximum absolute atomic E-state index is 15.4. The van der Waals surface area contributed by atoms with Crippen molar-refractivity contribution in [1.29, 1.82) is 0 Å². The first-order chi connectivity index (χ1) is 29.0. The van der Waals surface area contributed by atoms with Crippen molar-refractivity contribution in [2.75, 3.05) is 31.1 Å². The van der Waals surface area contributed by atoms with Crippen molar-refractivity contribution in [2.24, 2.45) is 22.2 Å². The molecule has 14 heteroatoms. The molecule has 12 nitrogen and oxygen atoms in total. The lowest BCUT2D eigenvalue weighted by Gasteiger charge is -2.65. The Kier molecular flexibility index (Phi) is 8.79. The summed E-state index contributed by atoms with van der Waals surface area (Å²) in [5, 5.41) is 2.53. The number of nitrogens with one attached hydrogen (secondary N) is 1. The molecule has 0 bridgehead atoms. The van der Waals surface area contributed by atoms with Crippen LogP contribution >= 0.6 is 11.6 Å². The zero-order valence-corrected chi connectivity index (χ0v) is 35.1. The van der Waals surface area contributed by atoms with Gasteiger partial charge in [0.25, 0.3) is 17.7 Å². The fraction of sp³-hybridized carbons (Fsp3) is 0.447. The van der Waals surface area contributed by atoms with Gasteiger partial charge in [-0.3, -0.25) is 39.1 Å². The van der Waals surface area contributed by atoms with Gasteiger partial charge in [-0.1, -0.05) is 57.2 Å². The Hall–Kier alpha value is -5.76. The van der Waals surface area contributed by atoms with Gasteiger partial charge in [-0.2, -0.15) is 0 Å². The van der Waals surface area contributed by atoms with Crippen LogP contribution in [0.4, 0.5) is 15.8 Å². The number of likely N-dealkylation sites (tertiary alicyclic amines) is 1. The molecule has 5 amide bonds. The lowest BCUT2D eigenvalue weighted by molar-refractivity contribution is -0.199. The van der Waals surface area contributed by atoms with E-state index in [1.807, 2.05) is 21.9 Å². The number of carbonyl (C=O) groups is 5. The Morgan fingerprint density at radius 2 is 1.61 bits per heavy atom. The summed E-state index contributed by atoms with van der Waals surface area (Å²) in [6, 6.07) is 12.6. The second-order valence-electron chi connectivity index (χ2n) is 19.2. The highest BCUT2D eigenvalue weighted by atomic mass is 35.5. The van der Waals surface area contributed by atoms with Gasteiger partial charge >= 0.3 is 0 Å². The Balaban J connectivity index is 0.717. The number of carbonyl (C=O) groups excluding carboxylic acids is 5. The van der Waals surface area contributed by atoms with Crippen molar-refractivity contribution >= 4 is 52.5 Å². The molecule has 3 saturated heterocycles. The van der Waals surface area contributed by atoms with Gasteiger partial charge in [-0.05, 0) is 72.7 Å². The van der Waals surface area contributed by atoms with Gasteiger partial charge in [0.2, 0.25) is 17.5 Å². The van der Waals surface area contributed by atoms with E-state index in [0.717, 1.165) is 48.0 Å². The van der Waals surface area contributed by atoms with Crippen LogP contribution in [0.1, 0.15) is 95.6 Å². The number of hydrogen-bond acceptors (Lipinski definition) is 8. The van der Waals surface area contributed by atoms with E-state index in [1.54, 1.807) is 18.2 Å². The first-order valence-corrected chi connectivity index (χ1v) is 21.2. The smallest absolute Gasteiger partial charge is 0.262 e. The number of imide groups is 2. The van der Waals surface area contributed by atoms with Gasteiger partial charge in [0.05, 0.1) is 28.4 Å². The summed E-state index contributed by atoms with van der Waals surface area (Å²) in [6.45, 7) is 19.5. The molecule has 10 rings (SSSR count). The normalized spacial score (nSPS) is 26.0. The van der Waals surface area contributed by atoms with E-state index < -0.39 is 35.5 Å². The van der Waals surface area contributed by atoms with Crippen LogP contribution in [0.25, 0.3) is 4.85 Å². The van der Waals surface area contributed by atoms with E-state index in [9.17, 15) is 24.0 Å². The number of nitrogens with zero attached hydrogens (tertiary/aromatic N) is 5. The van der Waals surface area contributed by atoms with Crippen LogP contribution in [0.15, 0.2) is 48.5 Å². The van der Waals surface area contributed by atoms with Crippen LogP contribution in [0.3, 0.4) is 0 Å². The van der Waals surface area contributed by atoms with Crippen LogP contribution in [0, 0.1) is 46.4 Å². The largest absolute Gasteiger partial charge is 0.489 e. The number of rotatable bonds is 6. The highest BCUT2D eigenvalue weighted by Gasteiger charge is 2.67. The minimum atomic E-state index is -1.10. The third-order valence-corrected chi connectivity index (χ3v) is 14.7. The average Bonchev–Trinajstić information content (AvgIpc) is 3.59. The fourth-order valence-electron chi connectivity index (χ4n) is 11.8. The number of amides is 5. The quantitative estimate of drug-likeness (QED) is 0.176. The standard InChI is InChI=1S/C47H44ClFN6O6/c1-45(2)43(46(3,4)44(45)61-29-9-11-35(50-5)33(48)15-29)54-20-27-14-25(8-10-30(27)40(54)58)6-7-26-18-47(19-26)23-53(24-47)28-21-52(22-28)37-17-32-31(16-34(37)49)41(59)55(42(32)60)36-12-13-38(56)51-39(36)57/h8-11,14-17,26,28,36,43-44H,12-13,18-24H2,1-4H3,(H,51,56,57). The molecule has 2 aliphatic carbocycles. The Labute approximate surface area is 358 Å². The van der Waals surface area contributed by atoms with Gasteiger partial charge < -0.3 is 14.5 Å². The van der Waals surface area contributed by atoms with Crippen molar-refractivity contribution in [1.82, 2.24) is 20.0 Å². The van der Waals surface area contributed by atoms with Crippen LogP contribution in [-0.4, -0.2) is 94.6 Å². The van der Waals surface area contributed by atoms with Crippen LogP contribution in [0.5, 0.6) is 5.75 Å². The molecule has 7 aliphatic rings. The SMILES string of the molecule is [C-]#[N+]c1ccc(OC2C(C)(C)C(N3Cc4cc(C#CC5CC6(C5)CN(C5CN(c7cc8c(cc7F)C(=O)N(C7CCC(=O)NC7=O)C8=O)C5)C6)ccc4C3=O)C2(C)C)cc1Cl. The fourth-order valence-corrected chi connectivity index (χ4v) is 12.1. The maximum atomic E-state index is 15.4. The lowest BCUT2D eigenvalue weighted by atomic mass is 9.49. The number of halogens is 2. The third-order valence-electron chi connectivity index (χ3n) is 14.4. The molecule has 5 heterocycles. The highest BCUT2D eigenvalue weighted by Crippen LogP contribution is 2.59. The topological polar surface area (TPSA) is 124 Å². The molecule has 312 valence electrons. The molecule has 3 aromatic carbocycles. The molecular formula is C47H44ClFN6O6. The number of ether oxygens (including phenoxy) is 1. The minimum Gasteiger partial charge on any atom is -0.489 e. The summed E-state index contributed by atoms with van der Waals surface area (Å²) in [7, 11) is 0. The van der Waals surface area contributed by atoms with Crippen molar-refractivity contribution < 1.29 is 33.1 Å². The van der Waals surface area contributed by atoms with Crippen LogP contribution < -0.4 is 15.0 Å². The second kappa shape index (κ2) is 13.6. The molecule has 0 aromatic heterocycles. The molecule has 2 saturated carbocycles. The van der Waals surface area contributed by atoms with E-state index in [-0.39, 0.29) is 70.0 Å². The Bertz CT molecular complexity index is 2590. The highest BCUT2D eigenvalue weighted by molar-refractivity contribution is 6.33. The maximum Gasteiger partial charge on any atom is 0.262 e. The first-order valence-electron chi connectivity index (χ1n) is 20.8. The predicted molar refractivity (Wildman–Crippen MR) is 222 cm³/mol. The predicted octanol–water partition coefficient (Wildman–Crippen LogP) is 6.22. The molecule has 0 radical (unpaired) electrons. The molecule has 5 aliphatic heterocycles. The van der Waals surface area contributed by atoms with Gasteiger partial charge in [-0.25, -0.2) is 9.24 Å². The third kappa shape index (κ3) is 6.06. The van der Waals surface area contributed by atoms with E-state index in [2.05, 4.69) is 60.7 Å². The van der Waals surface area contributed by atoms with Gasteiger partial charge in [0, 0.05) is 79.1 Å². The molecule has 1 atom stereocenters. The summed E-state index contributed by atoms with van der Waals surface area (Å²) in [5.74, 6) is 4.71. The van der Waals surface area contributed by atoms with E-state index in [1.165, 1.54) is 6.07 Å². The molecule has 61 heavy (non-hydrogen) atoms. The summed E-state index contributed by atoms with van der Waals surface area (Å²) in [4.78, 5) is 74.8. The first kappa shape index (κ1) is 39.4. The van der Waals surface area contributed by atoms with Crippen molar-refractivity contribution in [3.63, 3.8) is 0 Å². The van der Waals surface area contributed by atoms with Crippen molar-refractivity contribution in [3.8, 4) is 17.6 Å². The summed E-state index contributed by atoms with van der Waals surface area (Å²) < 4.78 is 21.8. The van der Waals surface area contributed by atoms with Crippen LogP contribution in [0.2, 0.25) is 5.02 Å². The number of piperidine rings is 1. The summed E-state index contributed by atoms with van der Waals surface area (Å²) in [6.07, 6.45) is 1.92. The zero-order chi connectivity index (χ0) is 42.9. The molecule has 3 aromatic rings. The van der Waals surface area contributed by atoms with Gasteiger partial charge in [0.15, 0.2) is 0 Å². The summed E-state index contributed by atoms with van der Waals surface area (Å²) >= 11 is 6.30. The number of fused-ring (bicyclic) bond motifs is 2. The molecular weight excluding hydrogens is 799 g/mol. The van der Waals surface area contributed by atoms with E-state index in [4.69, 9.17) is 22.9 Å². The number of hydrogen-bond donors (Lipinski definition) is 1. The number of benzene rings is 3. The Morgan fingerprint density at radius 3 is 2.28 bits per heavy atom.